The van der Waals surface area contributed by atoms with Gasteiger partial charge in [-0.2, -0.15) is 0 Å². The maximum atomic E-state index is 12.3. The van der Waals surface area contributed by atoms with Crippen molar-refractivity contribution in [1.29, 1.82) is 0 Å². The van der Waals surface area contributed by atoms with Crippen LogP contribution in [0.1, 0.15) is 28.4 Å². The van der Waals surface area contributed by atoms with Gasteiger partial charge in [0.1, 0.15) is 17.8 Å². The van der Waals surface area contributed by atoms with Crippen LogP contribution >= 0.6 is 11.6 Å². The van der Waals surface area contributed by atoms with E-state index in [9.17, 15) is 19.7 Å². The predicted molar refractivity (Wildman–Crippen MR) is 99.1 cm³/mol. The molecule has 0 saturated heterocycles. The fraction of sp³-hybridized carbons (Fsp3) is 0.158. The molecule has 0 saturated carbocycles. The second kappa shape index (κ2) is 7.59. The number of rotatable bonds is 5. The summed E-state index contributed by atoms with van der Waals surface area (Å²) in [7, 11) is 0. The van der Waals surface area contributed by atoms with Crippen molar-refractivity contribution in [3.05, 3.63) is 84.7 Å². The SMILES string of the molecule is CCc1ccc2c(COC(=O)c3cc(Cl)ccc3[N+](=O)[O-])cc(=O)oc2c1. The highest BCUT2D eigenvalue weighted by Crippen LogP contribution is 2.25. The lowest BCUT2D eigenvalue weighted by molar-refractivity contribution is -0.385. The highest BCUT2D eigenvalue weighted by molar-refractivity contribution is 6.31. The zero-order valence-electron chi connectivity index (χ0n) is 14.2. The molecule has 0 spiro atoms. The van der Waals surface area contributed by atoms with Crippen molar-refractivity contribution in [3.8, 4) is 0 Å². The number of hydrogen-bond acceptors (Lipinski definition) is 6. The molecule has 0 aliphatic heterocycles. The van der Waals surface area contributed by atoms with Gasteiger partial charge in [-0.3, -0.25) is 10.1 Å². The summed E-state index contributed by atoms with van der Waals surface area (Å²) in [5, 5.41) is 11.9. The van der Waals surface area contributed by atoms with E-state index in [2.05, 4.69) is 0 Å². The molecule has 0 aliphatic carbocycles. The molecule has 0 unspecified atom stereocenters. The van der Waals surface area contributed by atoms with E-state index >= 15 is 0 Å². The molecule has 7 nitrogen and oxygen atoms in total. The number of nitro benzene ring substituents is 1. The summed E-state index contributed by atoms with van der Waals surface area (Å²) in [6.45, 7) is 1.73. The molecular weight excluding hydrogens is 374 g/mol. The Morgan fingerprint density at radius 3 is 2.70 bits per heavy atom. The molecule has 0 bridgehead atoms. The van der Waals surface area contributed by atoms with Crippen molar-refractivity contribution in [2.45, 2.75) is 20.0 Å². The summed E-state index contributed by atoms with van der Waals surface area (Å²) in [4.78, 5) is 34.5. The average Bonchev–Trinajstić information content (AvgIpc) is 2.64. The van der Waals surface area contributed by atoms with E-state index in [4.69, 9.17) is 20.8 Å². The van der Waals surface area contributed by atoms with Gasteiger partial charge in [-0.15, -0.1) is 0 Å². The maximum Gasteiger partial charge on any atom is 0.345 e. The lowest BCUT2D eigenvalue weighted by Gasteiger charge is -2.08. The zero-order chi connectivity index (χ0) is 19.6. The average molecular weight is 388 g/mol. The van der Waals surface area contributed by atoms with Crippen molar-refractivity contribution in [2.24, 2.45) is 0 Å². The molecule has 0 aliphatic rings. The van der Waals surface area contributed by atoms with E-state index < -0.39 is 22.2 Å². The highest BCUT2D eigenvalue weighted by atomic mass is 35.5. The normalized spacial score (nSPS) is 10.7. The van der Waals surface area contributed by atoms with Crippen LogP contribution in [0.5, 0.6) is 0 Å². The Kier molecular flexibility index (Phi) is 5.23. The van der Waals surface area contributed by atoms with Crippen molar-refractivity contribution >= 4 is 34.2 Å². The lowest BCUT2D eigenvalue weighted by Crippen LogP contribution is -2.10. The van der Waals surface area contributed by atoms with Crippen LogP contribution in [0.3, 0.4) is 0 Å². The molecule has 27 heavy (non-hydrogen) atoms. The molecule has 1 aromatic heterocycles. The molecular formula is C19H14ClNO6. The van der Waals surface area contributed by atoms with Crippen LogP contribution in [0.2, 0.25) is 5.02 Å². The third-order valence-corrected chi connectivity index (χ3v) is 4.27. The zero-order valence-corrected chi connectivity index (χ0v) is 15.0. The van der Waals surface area contributed by atoms with Crippen molar-refractivity contribution in [2.75, 3.05) is 0 Å². The van der Waals surface area contributed by atoms with E-state index in [1.807, 2.05) is 13.0 Å². The first-order valence-corrected chi connectivity index (χ1v) is 8.43. The third kappa shape index (κ3) is 3.98. The van der Waals surface area contributed by atoms with Gasteiger partial charge in [0.2, 0.25) is 0 Å². The molecule has 2 aromatic carbocycles. The molecule has 0 atom stereocenters. The van der Waals surface area contributed by atoms with E-state index in [1.54, 1.807) is 12.1 Å². The topological polar surface area (TPSA) is 99.6 Å². The number of esters is 1. The summed E-state index contributed by atoms with van der Waals surface area (Å²) < 4.78 is 10.4. The largest absolute Gasteiger partial charge is 0.457 e. The highest BCUT2D eigenvalue weighted by Gasteiger charge is 2.22. The Morgan fingerprint density at radius 1 is 1.22 bits per heavy atom. The van der Waals surface area contributed by atoms with Crippen LogP contribution in [-0.4, -0.2) is 10.9 Å². The molecule has 3 rings (SSSR count). The molecule has 0 N–H and O–H groups in total. The summed E-state index contributed by atoms with van der Waals surface area (Å²) in [5.41, 5.74) is 0.593. The molecule has 138 valence electrons. The van der Waals surface area contributed by atoms with Gasteiger partial charge in [0.25, 0.3) is 5.69 Å². The Hall–Kier alpha value is -3.19. The van der Waals surface area contributed by atoms with Crippen molar-refractivity contribution in [3.63, 3.8) is 0 Å². The van der Waals surface area contributed by atoms with E-state index in [1.165, 1.54) is 18.2 Å². The number of nitrogens with zero attached hydrogens (tertiary/aromatic N) is 1. The maximum absolute atomic E-state index is 12.3. The van der Waals surface area contributed by atoms with Crippen LogP contribution in [0.15, 0.2) is 51.7 Å². The van der Waals surface area contributed by atoms with E-state index in [0.717, 1.165) is 18.1 Å². The van der Waals surface area contributed by atoms with Gasteiger partial charge in [0.05, 0.1) is 4.92 Å². The number of benzene rings is 2. The first kappa shape index (κ1) is 18.6. The van der Waals surface area contributed by atoms with Crippen LogP contribution in [0.25, 0.3) is 11.0 Å². The standard InChI is InChI=1S/C19H14ClNO6/c1-2-11-3-5-14-12(8-18(22)27-17(14)7-11)10-26-19(23)15-9-13(20)4-6-16(15)21(24)25/h3-9H,2,10H2,1H3. The van der Waals surface area contributed by atoms with Crippen molar-refractivity contribution in [1.82, 2.24) is 0 Å². The molecule has 8 heteroatoms. The minimum atomic E-state index is -0.907. The summed E-state index contributed by atoms with van der Waals surface area (Å²) in [6, 6.07) is 10.3. The number of ether oxygens (including phenoxy) is 1. The first-order chi connectivity index (χ1) is 12.9. The fourth-order valence-corrected chi connectivity index (χ4v) is 2.84. The second-order valence-electron chi connectivity index (χ2n) is 5.77. The fourth-order valence-electron chi connectivity index (χ4n) is 2.67. The van der Waals surface area contributed by atoms with Gasteiger partial charge in [0.15, 0.2) is 0 Å². The lowest BCUT2D eigenvalue weighted by atomic mass is 10.1. The number of carbonyl (C=O) groups is 1. The molecule has 0 fully saturated rings. The van der Waals surface area contributed by atoms with Crippen LogP contribution in [0, 0.1) is 10.1 Å². The summed E-state index contributed by atoms with van der Waals surface area (Å²) >= 11 is 5.83. The molecule has 0 amide bonds. The monoisotopic (exact) mass is 387 g/mol. The molecule has 0 radical (unpaired) electrons. The van der Waals surface area contributed by atoms with Gasteiger partial charge >= 0.3 is 11.6 Å². The van der Waals surface area contributed by atoms with Gasteiger partial charge in [-0.1, -0.05) is 30.7 Å². The van der Waals surface area contributed by atoms with Crippen LogP contribution < -0.4 is 5.63 Å². The summed E-state index contributed by atoms with van der Waals surface area (Å²) in [6.07, 6.45) is 0.775. The third-order valence-electron chi connectivity index (χ3n) is 4.04. The number of hydrogen-bond donors (Lipinski definition) is 0. The Balaban J connectivity index is 1.91. The Labute approximate surface area is 158 Å². The first-order valence-electron chi connectivity index (χ1n) is 8.05. The quantitative estimate of drug-likeness (QED) is 0.280. The predicted octanol–water partition coefficient (Wildman–Crippen LogP) is 4.27. The second-order valence-corrected chi connectivity index (χ2v) is 6.21. The van der Waals surface area contributed by atoms with Crippen molar-refractivity contribution < 1.29 is 18.9 Å². The van der Waals surface area contributed by atoms with E-state index in [-0.39, 0.29) is 17.2 Å². The van der Waals surface area contributed by atoms with Crippen LogP contribution in [0.4, 0.5) is 5.69 Å². The summed E-state index contributed by atoms with van der Waals surface area (Å²) in [5.74, 6) is -0.907. The van der Waals surface area contributed by atoms with Crippen LogP contribution in [-0.2, 0) is 17.8 Å². The van der Waals surface area contributed by atoms with Gasteiger partial charge in [0, 0.05) is 28.1 Å². The Morgan fingerprint density at radius 2 is 2.00 bits per heavy atom. The number of halogens is 1. The number of fused-ring (bicyclic) bond motifs is 1. The Bertz CT molecular complexity index is 1110. The number of aryl methyl sites for hydroxylation is 1. The van der Waals surface area contributed by atoms with Gasteiger partial charge in [-0.05, 0) is 30.2 Å². The molecule has 1 heterocycles. The van der Waals surface area contributed by atoms with Gasteiger partial charge in [-0.25, -0.2) is 9.59 Å². The number of carbonyl (C=O) groups excluding carboxylic acids is 1. The minimum absolute atomic E-state index is 0.172. The smallest absolute Gasteiger partial charge is 0.345 e. The minimum Gasteiger partial charge on any atom is -0.457 e. The van der Waals surface area contributed by atoms with E-state index in [0.29, 0.717) is 16.5 Å². The van der Waals surface area contributed by atoms with Gasteiger partial charge < -0.3 is 9.15 Å². The number of nitro groups is 1. The molecule has 3 aromatic rings.